The van der Waals surface area contributed by atoms with Crippen molar-refractivity contribution < 1.29 is 9.84 Å². The van der Waals surface area contributed by atoms with E-state index in [-0.39, 0.29) is 30.0 Å². The number of aliphatic hydroxyl groups is 1. The first-order valence-corrected chi connectivity index (χ1v) is 7.43. The Hall–Kier alpha value is -1.14. The van der Waals surface area contributed by atoms with E-state index < -0.39 is 0 Å². The highest BCUT2D eigenvalue weighted by atomic mass is 35.5. The van der Waals surface area contributed by atoms with Gasteiger partial charge in [-0.1, -0.05) is 0 Å². The number of ether oxygens (including phenoxy) is 1. The van der Waals surface area contributed by atoms with E-state index in [9.17, 15) is 5.11 Å². The van der Waals surface area contributed by atoms with Crippen LogP contribution < -0.4 is 9.64 Å². The van der Waals surface area contributed by atoms with Crippen molar-refractivity contribution in [3.63, 3.8) is 0 Å². The number of aromatic nitrogens is 3. The quantitative estimate of drug-likeness (QED) is 0.897. The monoisotopic (exact) mass is 300 g/mol. The van der Waals surface area contributed by atoms with Gasteiger partial charge in [0.2, 0.25) is 11.2 Å². The lowest BCUT2D eigenvalue weighted by molar-refractivity contribution is 0.221. The highest BCUT2D eigenvalue weighted by Crippen LogP contribution is 2.25. The standard InChI is InChI=1S/C13H21ClN4O2/c1-9(2)20-13-16-11(14)15-12(17-13)18-7-4-3-5-10(18)6-8-19/h9-10,19H,3-8H2,1-2H3. The van der Waals surface area contributed by atoms with Gasteiger partial charge in [-0.05, 0) is 51.1 Å². The lowest BCUT2D eigenvalue weighted by atomic mass is 10.0. The molecule has 1 aromatic heterocycles. The summed E-state index contributed by atoms with van der Waals surface area (Å²) in [5.41, 5.74) is 0. The fourth-order valence-corrected chi connectivity index (χ4v) is 2.57. The molecule has 0 bridgehead atoms. The topological polar surface area (TPSA) is 71.4 Å². The maximum atomic E-state index is 9.18. The summed E-state index contributed by atoms with van der Waals surface area (Å²) < 4.78 is 5.50. The van der Waals surface area contributed by atoms with Crippen LogP contribution in [0.3, 0.4) is 0 Å². The number of anilines is 1. The summed E-state index contributed by atoms with van der Waals surface area (Å²) in [7, 11) is 0. The molecule has 1 fully saturated rings. The second-order valence-corrected chi connectivity index (χ2v) is 5.55. The lowest BCUT2D eigenvalue weighted by Gasteiger charge is -2.35. The van der Waals surface area contributed by atoms with Crippen molar-refractivity contribution in [3.8, 4) is 6.01 Å². The first-order chi connectivity index (χ1) is 9.60. The Morgan fingerprint density at radius 2 is 2.15 bits per heavy atom. The number of nitrogens with zero attached hydrogens (tertiary/aromatic N) is 4. The predicted octanol–water partition coefficient (Wildman–Crippen LogP) is 2.05. The number of halogens is 1. The Morgan fingerprint density at radius 3 is 2.85 bits per heavy atom. The van der Waals surface area contributed by atoms with Gasteiger partial charge in [0, 0.05) is 19.2 Å². The molecule has 7 heteroatoms. The largest absolute Gasteiger partial charge is 0.461 e. The van der Waals surface area contributed by atoms with Crippen molar-refractivity contribution >= 4 is 17.5 Å². The van der Waals surface area contributed by atoms with Gasteiger partial charge < -0.3 is 14.7 Å². The predicted molar refractivity (Wildman–Crippen MR) is 77.3 cm³/mol. The normalized spacial score (nSPS) is 19.4. The third-order valence-corrected chi connectivity index (χ3v) is 3.43. The Morgan fingerprint density at radius 1 is 1.35 bits per heavy atom. The highest BCUT2D eigenvalue weighted by molar-refractivity contribution is 6.28. The van der Waals surface area contributed by atoms with Crippen LogP contribution in [0.15, 0.2) is 0 Å². The van der Waals surface area contributed by atoms with Crippen LogP contribution in [0.5, 0.6) is 6.01 Å². The first kappa shape index (κ1) is 15.3. The molecule has 1 atom stereocenters. The van der Waals surface area contributed by atoms with Crippen LogP contribution in [0.4, 0.5) is 5.95 Å². The highest BCUT2D eigenvalue weighted by Gasteiger charge is 2.25. The van der Waals surface area contributed by atoms with Crippen LogP contribution in [0.25, 0.3) is 0 Å². The molecule has 1 N–H and O–H groups in total. The molecule has 1 unspecified atom stereocenters. The van der Waals surface area contributed by atoms with Gasteiger partial charge in [0.1, 0.15) is 0 Å². The lowest BCUT2D eigenvalue weighted by Crippen LogP contribution is -2.41. The molecule has 0 radical (unpaired) electrons. The average molecular weight is 301 g/mol. The van der Waals surface area contributed by atoms with Gasteiger partial charge in [-0.25, -0.2) is 0 Å². The summed E-state index contributed by atoms with van der Waals surface area (Å²) in [6.45, 7) is 4.85. The summed E-state index contributed by atoms with van der Waals surface area (Å²) in [6, 6.07) is 0.502. The Balaban J connectivity index is 2.22. The molecule has 0 aliphatic carbocycles. The van der Waals surface area contributed by atoms with Gasteiger partial charge in [-0.2, -0.15) is 15.0 Å². The summed E-state index contributed by atoms with van der Waals surface area (Å²) in [5, 5.41) is 9.32. The Kier molecular flexibility index (Phi) is 5.37. The van der Waals surface area contributed by atoms with Gasteiger partial charge >= 0.3 is 6.01 Å². The van der Waals surface area contributed by atoms with E-state index in [1.807, 2.05) is 13.8 Å². The minimum absolute atomic E-state index is 0.0177. The van der Waals surface area contributed by atoms with Crippen LogP contribution in [0, 0.1) is 0 Å². The molecule has 112 valence electrons. The molecule has 0 aromatic carbocycles. The zero-order valence-corrected chi connectivity index (χ0v) is 12.7. The fourth-order valence-electron chi connectivity index (χ4n) is 2.43. The van der Waals surface area contributed by atoms with Gasteiger partial charge in [0.05, 0.1) is 6.10 Å². The molecule has 0 amide bonds. The number of piperidine rings is 1. The van der Waals surface area contributed by atoms with Crippen molar-refractivity contribution in [2.75, 3.05) is 18.1 Å². The van der Waals surface area contributed by atoms with E-state index in [2.05, 4.69) is 19.9 Å². The second-order valence-electron chi connectivity index (χ2n) is 5.21. The van der Waals surface area contributed by atoms with Crippen molar-refractivity contribution in [1.82, 2.24) is 15.0 Å². The van der Waals surface area contributed by atoms with Crippen LogP contribution >= 0.6 is 11.6 Å². The smallest absolute Gasteiger partial charge is 0.322 e. The zero-order valence-electron chi connectivity index (χ0n) is 11.9. The molecule has 0 spiro atoms. The summed E-state index contributed by atoms with van der Waals surface area (Å²) in [4.78, 5) is 14.6. The first-order valence-electron chi connectivity index (χ1n) is 7.06. The molecule has 6 nitrogen and oxygen atoms in total. The van der Waals surface area contributed by atoms with Gasteiger partial charge in [0.25, 0.3) is 0 Å². The Bertz CT molecular complexity index is 442. The Labute approximate surface area is 124 Å². The third kappa shape index (κ3) is 3.93. The maximum Gasteiger partial charge on any atom is 0.322 e. The molecular weight excluding hydrogens is 280 g/mol. The van der Waals surface area contributed by atoms with E-state index in [0.717, 1.165) is 25.8 Å². The molecule has 2 rings (SSSR count). The fraction of sp³-hybridized carbons (Fsp3) is 0.769. The van der Waals surface area contributed by atoms with Gasteiger partial charge in [0.15, 0.2) is 0 Å². The van der Waals surface area contributed by atoms with Crippen LogP contribution in [0.1, 0.15) is 39.5 Å². The molecule has 2 heterocycles. The summed E-state index contributed by atoms with van der Waals surface area (Å²) >= 11 is 5.96. The number of rotatable bonds is 5. The summed E-state index contributed by atoms with van der Waals surface area (Å²) in [6.07, 6.45) is 3.98. The third-order valence-electron chi connectivity index (χ3n) is 3.26. The second kappa shape index (κ2) is 7.04. The minimum Gasteiger partial charge on any atom is -0.461 e. The molecule has 0 saturated carbocycles. The number of aliphatic hydroxyl groups excluding tert-OH is 1. The molecule has 1 aliphatic heterocycles. The van der Waals surface area contributed by atoms with Crippen molar-refractivity contribution in [3.05, 3.63) is 5.28 Å². The van der Waals surface area contributed by atoms with Crippen molar-refractivity contribution in [1.29, 1.82) is 0 Å². The van der Waals surface area contributed by atoms with Crippen molar-refractivity contribution in [2.24, 2.45) is 0 Å². The van der Waals surface area contributed by atoms with Crippen molar-refractivity contribution in [2.45, 2.75) is 51.7 Å². The average Bonchev–Trinajstić information content (AvgIpc) is 2.38. The molecule has 1 saturated heterocycles. The van der Waals surface area contributed by atoms with Crippen LogP contribution in [-0.2, 0) is 0 Å². The number of hydrogen-bond donors (Lipinski definition) is 1. The van der Waals surface area contributed by atoms with Crippen LogP contribution in [-0.4, -0.2) is 45.4 Å². The molecule has 1 aliphatic rings. The van der Waals surface area contributed by atoms with E-state index in [1.54, 1.807) is 0 Å². The van der Waals surface area contributed by atoms with E-state index in [0.29, 0.717) is 12.4 Å². The molecule has 20 heavy (non-hydrogen) atoms. The summed E-state index contributed by atoms with van der Waals surface area (Å²) in [5.74, 6) is 0.541. The molecular formula is C13H21ClN4O2. The minimum atomic E-state index is -0.0177. The van der Waals surface area contributed by atoms with Crippen LogP contribution in [0.2, 0.25) is 5.28 Å². The number of hydrogen-bond acceptors (Lipinski definition) is 6. The zero-order chi connectivity index (χ0) is 14.5. The van der Waals surface area contributed by atoms with E-state index >= 15 is 0 Å². The molecule has 1 aromatic rings. The van der Waals surface area contributed by atoms with Gasteiger partial charge in [-0.15, -0.1) is 0 Å². The van der Waals surface area contributed by atoms with E-state index in [4.69, 9.17) is 16.3 Å². The maximum absolute atomic E-state index is 9.18. The van der Waals surface area contributed by atoms with Gasteiger partial charge in [-0.3, -0.25) is 0 Å². The van der Waals surface area contributed by atoms with E-state index in [1.165, 1.54) is 0 Å². The SMILES string of the molecule is CC(C)Oc1nc(Cl)nc(N2CCCCC2CCO)n1.